The van der Waals surface area contributed by atoms with Crippen LogP contribution in [0.15, 0.2) is 29.4 Å². The molecule has 1 rings (SSSR count). The van der Waals surface area contributed by atoms with Crippen LogP contribution in [0.1, 0.15) is 104 Å². The molecule has 1 heterocycles. The number of amides is 7. The summed E-state index contributed by atoms with van der Waals surface area (Å²) >= 11 is 0. The maximum absolute atomic E-state index is 13.7. The third-order valence-corrected chi connectivity index (χ3v) is 9.20. The minimum Gasteiger partial charge on any atom is -0.370 e. The van der Waals surface area contributed by atoms with E-state index in [0.29, 0.717) is 12.8 Å². The van der Waals surface area contributed by atoms with Gasteiger partial charge in [0.15, 0.2) is 5.96 Å². The lowest BCUT2D eigenvalue weighted by atomic mass is 9.96. The standard InChI is InChI=1S/C38H65N11O7/c1-9-23(7)30(32(39)51)48-35(54)27(18-21(3)4)47-34(53)26(15-13-17-43-38(40)41)45-29(50)20-44-37(56)31(24(8)10-2)49-36(55)28(19-22(5)6)46-33(52)25-14-11-12-16-42-25/h11-12,14,16,21-24,26-28,30-31H,9-10,13,15,17-20H2,1-8H3,(H2,39,51)(H,44,56)(H,45,50)(H,46,52)(H,47,53)(H,48,54)(H,49,55)(H4,40,41,43)/t23-,24-,26-,27-,28-,30-,31-/m0/s1. The Balaban J connectivity index is 3.15. The number of nitrogens with two attached hydrogens (primary N) is 3. The Morgan fingerprint density at radius 3 is 1.71 bits per heavy atom. The Morgan fingerprint density at radius 2 is 1.21 bits per heavy atom. The van der Waals surface area contributed by atoms with E-state index in [4.69, 9.17) is 17.2 Å². The van der Waals surface area contributed by atoms with Crippen molar-refractivity contribution in [1.82, 2.24) is 36.9 Å². The zero-order chi connectivity index (χ0) is 42.5. The van der Waals surface area contributed by atoms with Crippen LogP contribution in [0, 0.1) is 23.7 Å². The maximum Gasteiger partial charge on any atom is 0.270 e. The van der Waals surface area contributed by atoms with Crippen molar-refractivity contribution in [2.75, 3.05) is 13.1 Å². The number of aliphatic imine (C=N–C) groups is 1. The average molecular weight is 788 g/mol. The number of nitrogens with zero attached hydrogens (tertiary/aromatic N) is 2. The molecule has 314 valence electrons. The number of rotatable bonds is 25. The van der Waals surface area contributed by atoms with Gasteiger partial charge in [-0.15, -0.1) is 0 Å². The SMILES string of the molecule is CC[C@H](C)[C@H](NC(=O)[C@H](CC(C)C)NC(=O)[C@H](CCCN=C(N)N)NC(=O)CNC(=O)[C@@H](NC(=O)[C@H](CC(C)C)NC(=O)c1ccccn1)[C@@H](C)CC)C(N)=O. The van der Waals surface area contributed by atoms with Crippen LogP contribution in [-0.2, 0) is 28.8 Å². The first kappa shape index (κ1) is 48.7. The Kier molecular flexibility index (Phi) is 21.7. The number of primary amides is 1. The van der Waals surface area contributed by atoms with Crippen LogP contribution >= 0.6 is 0 Å². The van der Waals surface area contributed by atoms with Gasteiger partial charge in [-0.2, -0.15) is 0 Å². The molecule has 0 aliphatic rings. The summed E-state index contributed by atoms with van der Waals surface area (Å²) in [6.07, 6.45) is 3.40. The molecule has 18 nitrogen and oxygen atoms in total. The Hall–Kier alpha value is -5.29. The first-order valence-electron chi connectivity index (χ1n) is 19.4. The number of hydrogen-bond acceptors (Lipinski definition) is 9. The summed E-state index contributed by atoms with van der Waals surface area (Å²) in [7, 11) is 0. The van der Waals surface area contributed by atoms with E-state index in [2.05, 4.69) is 41.9 Å². The van der Waals surface area contributed by atoms with Gasteiger partial charge < -0.3 is 49.1 Å². The lowest BCUT2D eigenvalue weighted by molar-refractivity contribution is -0.134. The fraction of sp³-hybridized carbons (Fsp3) is 0.658. The number of carbonyl (C=O) groups is 7. The molecule has 1 aromatic heterocycles. The Labute approximate surface area is 330 Å². The maximum atomic E-state index is 13.7. The molecule has 0 saturated carbocycles. The molecule has 0 saturated heterocycles. The molecule has 1 aromatic rings. The topological polar surface area (TPSA) is 295 Å². The Morgan fingerprint density at radius 1 is 0.679 bits per heavy atom. The fourth-order valence-electron chi connectivity index (χ4n) is 5.64. The van der Waals surface area contributed by atoms with Crippen molar-refractivity contribution >= 4 is 47.3 Å². The zero-order valence-electron chi connectivity index (χ0n) is 34.1. The number of hydrogen-bond donors (Lipinski definition) is 9. The van der Waals surface area contributed by atoms with Gasteiger partial charge in [0.2, 0.25) is 35.4 Å². The molecule has 0 bridgehead atoms. The van der Waals surface area contributed by atoms with Crippen molar-refractivity contribution in [3.63, 3.8) is 0 Å². The quantitative estimate of drug-likeness (QED) is 0.0362. The van der Waals surface area contributed by atoms with Gasteiger partial charge in [0, 0.05) is 12.7 Å². The molecular formula is C38H65N11O7. The lowest BCUT2D eigenvalue weighted by Gasteiger charge is -2.28. The van der Waals surface area contributed by atoms with Crippen molar-refractivity contribution in [2.24, 2.45) is 45.9 Å². The molecule has 18 heteroatoms. The van der Waals surface area contributed by atoms with Gasteiger partial charge in [0.05, 0.1) is 6.54 Å². The lowest BCUT2D eigenvalue weighted by Crippen LogP contribution is -2.58. The molecule has 0 aliphatic carbocycles. The second-order valence-corrected chi connectivity index (χ2v) is 15.0. The van der Waals surface area contributed by atoms with Crippen LogP contribution < -0.4 is 49.1 Å². The van der Waals surface area contributed by atoms with Crippen LogP contribution in [0.5, 0.6) is 0 Å². The fourth-order valence-corrected chi connectivity index (χ4v) is 5.64. The molecule has 12 N–H and O–H groups in total. The molecular weight excluding hydrogens is 722 g/mol. The Bertz CT molecular complexity index is 1490. The summed E-state index contributed by atoms with van der Waals surface area (Å²) in [5.74, 6) is -5.23. The van der Waals surface area contributed by atoms with Crippen LogP contribution in [0.3, 0.4) is 0 Å². The molecule has 7 amide bonds. The number of aromatic nitrogens is 1. The van der Waals surface area contributed by atoms with E-state index in [0.717, 1.165) is 0 Å². The third-order valence-electron chi connectivity index (χ3n) is 9.20. The van der Waals surface area contributed by atoms with E-state index in [-0.39, 0.29) is 67.6 Å². The second-order valence-electron chi connectivity index (χ2n) is 15.0. The van der Waals surface area contributed by atoms with E-state index < -0.39 is 78.1 Å². The second kappa shape index (κ2) is 25.0. The normalized spacial score (nSPS) is 14.8. The summed E-state index contributed by atoms with van der Waals surface area (Å²) < 4.78 is 0. The van der Waals surface area contributed by atoms with Crippen molar-refractivity contribution in [3.8, 4) is 0 Å². The number of guanidine groups is 1. The largest absolute Gasteiger partial charge is 0.370 e. The van der Waals surface area contributed by atoms with E-state index in [1.165, 1.54) is 12.3 Å². The average Bonchev–Trinajstić information content (AvgIpc) is 3.14. The van der Waals surface area contributed by atoms with Gasteiger partial charge in [-0.05, 0) is 61.5 Å². The van der Waals surface area contributed by atoms with Crippen LogP contribution in [0.2, 0.25) is 0 Å². The monoisotopic (exact) mass is 788 g/mol. The highest BCUT2D eigenvalue weighted by Crippen LogP contribution is 2.13. The molecule has 0 spiro atoms. The van der Waals surface area contributed by atoms with Crippen molar-refractivity contribution in [2.45, 2.75) is 124 Å². The summed E-state index contributed by atoms with van der Waals surface area (Å²) in [6, 6.07) is -0.362. The molecule has 0 aliphatic heterocycles. The molecule has 0 aromatic carbocycles. The molecule has 0 fully saturated rings. The number of carbonyl (C=O) groups excluding carboxylic acids is 7. The van der Waals surface area contributed by atoms with Crippen LogP contribution in [-0.4, -0.2) is 95.6 Å². The first-order chi connectivity index (χ1) is 26.3. The third kappa shape index (κ3) is 17.9. The highest BCUT2D eigenvalue weighted by molar-refractivity contribution is 5.98. The summed E-state index contributed by atoms with van der Waals surface area (Å²) in [6.45, 7) is 14.4. The summed E-state index contributed by atoms with van der Waals surface area (Å²) in [5.41, 5.74) is 16.6. The molecule has 0 unspecified atom stereocenters. The first-order valence-corrected chi connectivity index (χ1v) is 19.4. The minimum absolute atomic E-state index is 0.0193. The highest BCUT2D eigenvalue weighted by atomic mass is 16.2. The highest BCUT2D eigenvalue weighted by Gasteiger charge is 2.33. The predicted molar refractivity (Wildman–Crippen MR) is 213 cm³/mol. The zero-order valence-corrected chi connectivity index (χ0v) is 34.1. The van der Waals surface area contributed by atoms with Crippen molar-refractivity contribution in [3.05, 3.63) is 30.1 Å². The van der Waals surface area contributed by atoms with Gasteiger partial charge in [-0.3, -0.25) is 43.5 Å². The van der Waals surface area contributed by atoms with E-state index in [1.54, 1.807) is 26.0 Å². The number of nitrogens with one attached hydrogen (secondary N) is 6. The van der Waals surface area contributed by atoms with E-state index in [9.17, 15) is 33.6 Å². The van der Waals surface area contributed by atoms with Crippen LogP contribution in [0.25, 0.3) is 0 Å². The molecule has 0 radical (unpaired) electrons. The summed E-state index contributed by atoms with van der Waals surface area (Å²) in [4.78, 5) is 100. The predicted octanol–water partition coefficient (Wildman–Crippen LogP) is -0.0413. The van der Waals surface area contributed by atoms with Crippen LogP contribution in [0.4, 0.5) is 0 Å². The molecule has 7 atom stereocenters. The summed E-state index contributed by atoms with van der Waals surface area (Å²) in [5, 5.41) is 16.0. The number of pyridine rings is 1. The van der Waals surface area contributed by atoms with Crippen molar-refractivity contribution in [1.29, 1.82) is 0 Å². The smallest absolute Gasteiger partial charge is 0.270 e. The van der Waals surface area contributed by atoms with Crippen molar-refractivity contribution < 1.29 is 33.6 Å². The van der Waals surface area contributed by atoms with E-state index in [1.807, 2.05) is 41.5 Å². The van der Waals surface area contributed by atoms with Gasteiger partial charge in [-0.25, -0.2) is 0 Å². The van der Waals surface area contributed by atoms with Gasteiger partial charge in [0.1, 0.15) is 35.9 Å². The molecule has 56 heavy (non-hydrogen) atoms. The van der Waals surface area contributed by atoms with Gasteiger partial charge in [-0.1, -0.05) is 74.3 Å². The van der Waals surface area contributed by atoms with Gasteiger partial charge in [0.25, 0.3) is 5.91 Å². The van der Waals surface area contributed by atoms with Gasteiger partial charge >= 0.3 is 0 Å². The minimum atomic E-state index is -1.16. The van der Waals surface area contributed by atoms with E-state index >= 15 is 0 Å².